The third-order valence-electron chi connectivity index (χ3n) is 3.43. The zero-order chi connectivity index (χ0) is 13.5. The van der Waals surface area contributed by atoms with E-state index in [-0.39, 0.29) is 24.2 Å². The third kappa shape index (κ3) is 3.91. The van der Waals surface area contributed by atoms with Crippen LogP contribution in [0.4, 0.5) is 0 Å². The Morgan fingerprint density at radius 1 is 1.39 bits per heavy atom. The Kier molecular flexibility index (Phi) is 6.56. The molecule has 0 radical (unpaired) electrons. The number of hydrogen-bond donors (Lipinski definition) is 2. The van der Waals surface area contributed by atoms with Gasteiger partial charge in [0.25, 0.3) is 0 Å². The Hall–Kier alpha value is -0.690. The van der Waals surface area contributed by atoms with Crippen LogP contribution in [0.1, 0.15) is 13.3 Å². The highest BCUT2D eigenvalue weighted by Crippen LogP contribution is 2.19. The van der Waals surface area contributed by atoms with Gasteiger partial charge in [0.15, 0.2) is 0 Å². The van der Waals surface area contributed by atoms with E-state index in [2.05, 4.69) is 10.2 Å². The van der Waals surface area contributed by atoms with Crippen molar-refractivity contribution in [3.05, 3.63) is 0 Å². The van der Waals surface area contributed by atoms with Crippen molar-refractivity contribution in [2.75, 3.05) is 40.4 Å². The summed E-state index contributed by atoms with van der Waals surface area (Å²) in [7, 11) is 3.36. The standard InChI is InChI=1S/C12H25N3O3/c1-4-14-12(16)5-9(6-13)15-7-10(17-2)11(8-15)18-3/h9-11H,4-8,13H2,1-3H3,(H,14,16). The van der Waals surface area contributed by atoms with Crippen LogP contribution in [0.3, 0.4) is 0 Å². The highest BCUT2D eigenvalue weighted by atomic mass is 16.5. The lowest BCUT2D eigenvalue weighted by Crippen LogP contribution is -2.43. The molecule has 1 rings (SSSR count). The van der Waals surface area contributed by atoms with Crippen molar-refractivity contribution in [2.24, 2.45) is 5.73 Å². The van der Waals surface area contributed by atoms with E-state index in [0.717, 1.165) is 13.1 Å². The monoisotopic (exact) mass is 259 g/mol. The van der Waals surface area contributed by atoms with Crippen LogP contribution < -0.4 is 11.1 Å². The minimum atomic E-state index is 0.0442. The van der Waals surface area contributed by atoms with Crippen LogP contribution in [0.25, 0.3) is 0 Å². The average Bonchev–Trinajstić information content (AvgIpc) is 2.79. The molecule has 0 saturated carbocycles. The third-order valence-corrected chi connectivity index (χ3v) is 3.43. The lowest BCUT2D eigenvalue weighted by Gasteiger charge is -2.25. The van der Waals surface area contributed by atoms with Gasteiger partial charge in [-0.3, -0.25) is 9.69 Å². The Morgan fingerprint density at radius 3 is 2.33 bits per heavy atom. The molecule has 1 amide bonds. The van der Waals surface area contributed by atoms with Crippen molar-refractivity contribution in [1.82, 2.24) is 10.2 Å². The molecule has 6 nitrogen and oxygen atoms in total. The first-order valence-corrected chi connectivity index (χ1v) is 6.42. The lowest BCUT2D eigenvalue weighted by atomic mass is 10.1. The zero-order valence-corrected chi connectivity index (χ0v) is 11.5. The summed E-state index contributed by atoms with van der Waals surface area (Å²) in [5.41, 5.74) is 5.77. The summed E-state index contributed by atoms with van der Waals surface area (Å²) in [6.45, 7) is 4.54. The molecule has 3 atom stereocenters. The number of nitrogens with two attached hydrogens (primary N) is 1. The van der Waals surface area contributed by atoms with E-state index in [0.29, 0.717) is 19.5 Å². The fourth-order valence-electron chi connectivity index (χ4n) is 2.37. The van der Waals surface area contributed by atoms with Crippen LogP contribution in [-0.4, -0.2) is 69.5 Å². The predicted molar refractivity (Wildman–Crippen MR) is 69.3 cm³/mol. The molecule has 0 aromatic heterocycles. The van der Waals surface area contributed by atoms with Crippen molar-refractivity contribution in [2.45, 2.75) is 31.6 Å². The molecule has 18 heavy (non-hydrogen) atoms. The second-order valence-corrected chi connectivity index (χ2v) is 4.55. The van der Waals surface area contributed by atoms with E-state index in [1.165, 1.54) is 0 Å². The minimum absolute atomic E-state index is 0.0442. The van der Waals surface area contributed by atoms with Gasteiger partial charge in [0.2, 0.25) is 5.91 Å². The first-order chi connectivity index (χ1) is 8.65. The van der Waals surface area contributed by atoms with Crippen LogP contribution in [0.15, 0.2) is 0 Å². The number of hydrogen-bond acceptors (Lipinski definition) is 5. The summed E-state index contributed by atoms with van der Waals surface area (Å²) in [5, 5.41) is 2.80. The molecular weight excluding hydrogens is 234 g/mol. The summed E-state index contributed by atoms with van der Waals surface area (Å²) in [6, 6.07) is 0.0503. The van der Waals surface area contributed by atoms with Crippen molar-refractivity contribution < 1.29 is 14.3 Å². The van der Waals surface area contributed by atoms with Gasteiger partial charge < -0.3 is 20.5 Å². The van der Waals surface area contributed by atoms with Gasteiger partial charge in [-0.05, 0) is 6.92 Å². The predicted octanol–water partition coefficient (Wildman–Crippen LogP) is -0.814. The van der Waals surface area contributed by atoms with Crippen LogP contribution >= 0.6 is 0 Å². The molecule has 6 heteroatoms. The topological polar surface area (TPSA) is 76.8 Å². The number of ether oxygens (including phenoxy) is 2. The highest BCUT2D eigenvalue weighted by Gasteiger charge is 2.36. The molecule has 0 bridgehead atoms. The first kappa shape index (κ1) is 15.4. The zero-order valence-electron chi connectivity index (χ0n) is 11.5. The molecule has 3 unspecified atom stereocenters. The number of nitrogens with zero attached hydrogens (tertiary/aromatic N) is 1. The van der Waals surface area contributed by atoms with Gasteiger partial charge in [-0.2, -0.15) is 0 Å². The molecule has 106 valence electrons. The number of likely N-dealkylation sites (tertiary alicyclic amines) is 1. The molecule has 0 spiro atoms. The molecule has 1 aliphatic heterocycles. The smallest absolute Gasteiger partial charge is 0.221 e. The van der Waals surface area contributed by atoms with Crippen LogP contribution in [0, 0.1) is 0 Å². The minimum Gasteiger partial charge on any atom is -0.377 e. The fraction of sp³-hybridized carbons (Fsp3) is 0.917. The lowest BCUT2D eigenvalue weighted by molar-refractivity contribution is -0.122. The van der Waals surface area contributed by atoms with Gasteiger partial charge in [0.1, 0.15) is 0 Å². The van der Waals surface area contributed by atoms with Crippen molar-refractivity contribution in [3.63, 3.8) is 0 Å². The molecule has 3 N–H and O–H groups in total. The number of rotatable bonds is 7. The van der Waals surface area contributed by atoms with Crippen LogP contribution in [0.5, 0.6) is 0 Å². The largest absolute Gasteiger partial charge is 0.377 e. The first-order valence-electron chi connectivity index (χ1n) is 6.42. The van der Waals surface area contributed by atoms with E-state index in [1.54, 1.807) is 14.2 Å². The number of carbonyl (C=O) groups excluding carboxylic acids is 1. The molecular formula is C12H25N3O3. The summed E-state index contributed by atoms with van der Waals surface area (Å²) in [6.07, 6.45) is 0.536. The number of carbonyl (C=O) groups is 1. The van der Waals surface area contributed by atoms with E-state index in [4.69, 9.17) is 15.2 Å². The fourth-order valence-corrected chi connectivity index (χ4v) is 2.37. The average molecular weight is 259 g/mol. The normalized spacial score (nSPS) is 26.2. The van der Waals surface area contributed by atoms with Crippen LogP contribution in [-0.2, 0) is 14.3 Å². The van der Waals surface area contributed by atoms with Gasteiger partial charge in [-0.25, -0.2) is 0 Å². The molecule has 1 aliphatic rings. The molecule has 1 fully saturated rings. The Labute approximate surface area is 109 Å². The maximum atomic E-state index is 11.6. The quantitative estimate of drug-likeness (QED) is 0.625. The number of amides is 1. The van der Waals surface area contributed by atoms with Gasteiger partial charge >= 0.3 is 0 Å². The van der Waals surface area contributed by atoms with Crippen molar-refractivity contribution >= 4 is 5.91 Å². The van der Waals surface area contributed by atoms with Crippen molar-refractivity contribution in [1.29, 1.82) is 0 Å². The van der Waals surface area contributed by atoms with Gasteiger partial charge in [0, 0.05) is 52.9 Å². The molecule has 0 aliphatic carbocycles. The highest BCUT2D eigenvalue weighted by molar-refractivity contribution is 5.76. The molecule has 0 aromatic rings. The SMILES string of the molecule is CCNC(=O)CC(CN)N1CC(OC)C(OC)C1. The number of methoxy groups -OCH3 is 2. The van der Waals surface area contributed by atoms with Gasteiger partial charge in [-0.15, -0.1) is 0 Å². The number of nitrogens with one attached hydrogen (secondary N) is 1. The van der Waals surface area contributed by atoms with Crippen molar-refractivity contribution in [3.8, 4) is 0 Å². The Morgan fingerprint density at radius 2 is 1.94 bits per heavy atom. The maximum absolute atomic E-state index is 11.6. The van der Waals surface area contributed by atoms with E-state index < -0.39 is 0 Å². The summed E-state index contributed by atoms with van der Waals surface area (Å²) in [5.74, 6) is 0.0442. The van der Waals surface area contributed by atoms with Crippen LogP contribution in [0.2, 0.25) is 0 Å². The second kappa shape index (κ2) is 7.68. The second-order valence-electron chi connectivity index (χ2n) is 4.55. The van der Waals surface area contributed by atoms with E-state index in [1.807, 2.05) is 6.92 Å². The van der Waals surface area contributed by atoms with E-state index >= 15 is 0 Å². The molecule has 0 aromatic carbocycles. The summed E-state index contributed by atoms with van der Waals surface area (Å²) in [4.78, 5) is 13.8. The van der Waals surface area contributed by atoms with Gasteiger partial charge in [-0.1, -0.05) is 0 Å². The molecule has 1 saturated heterocycles. The van der Waals surface area contributed by atoms with E-state index in [9.17, 15) is 4.79 Å². The Bertz CT molecular complexity index is 251. The summed E-state index contributed by atoms with van der Waals surface area (Å²) < 4.78 is 10.8. The van der Waals surface area contributed by atoms with Gasteiger partial charge in [0.05, 0.1) is 12.2 Å². The summed E-state index contributed by atoms with van der Waals surface area (Å²) >= 11 is 0. The Balaban J connectivity index is 2.53. The molecule has 1 heterocycles. The maximum Gasteiger partial charge on any atom is 0.221 e.